The molecule has 18 heavy (non-hydrogen) atoms. The van der Waals surface area contributed by atoms with Crippen LogP contribution in [0, 0.1) is 11.6 Å². The van der Waals surface area contributed by atoms with Crippen molar-refractivity contribution < 1.29 is 8.78 Å². The maximum Gasteiger partial charge on any atom is 0.162 e. The standard InChI is InChI=1S/C14H15F2NS/c1-2-10-6-7-13(18-10)12(17)8-9-4-3-5-11(15)14(9)16/h3-7,12H,2,8,17H2,1H3. The molecule has 1 nitrogen and oxygen atoms in total. The maximum atomic E-state index is 13.5. The molecule has 4 heteroatoms. The summed E-state index contributed by atoms with van der Waals surface area (Å²) in [6.45, 7) is 2.08. The van der Waals surface area contributed by atoms with Crippen molar-refractivity contribution in [2.45, 2.75) is 25.8 Å². The number of nitrogens with two attached hydrogens (primary N) is 1. The molecule has 2 rings (SSSR count). The van der Waals surface area contributed by atoms with Crippen molar-refractivity contribution in [3.63, 3.8) is 0 Å². The van der Waals surface area contributed by atoms with Crippen molar-refractivity contribution in [1.29, 1.82) is 0 Å². The highest BCUT2D eigenvalue weighted by Gasteiger charge is 2.14. The van der Waals surface area contributed by atoms with Crippen LogP contribution >= 0.6 is 11.3 Å². The monoisotopic (exact) mass is 267 g/mol. The van der Waals surface area contributed by atoms with Crippen LogP contribution in [0.5, 0.6) is 0 Å². The van der Waals surface area contributed by atoms with E-state index in [-0.39, 0.29) is 6.04 Å². The van der Waals surface area contributed by atoms with Crippen molar-refractivity contribution >= 4 is 11.3 Å². The van der Waals surface area contributed by atoms with Crippen LogP contribution in [0.1, 0.15) is 28.3 Å². The minimum atomic E-state index is -0.819. The van der Waals surface area contributed by atoms with E-state index in [1.54, 1.807) is 17.4 Å². The predicted molar refractivity (Wildman–Crippen MR) is 70.7 cm³/mol. The number of aryl methyl sites for hydroxylation is 1. The van der Waals surface area contributed by atoms with Crippen molar-refractivity contribution in [1.82, 2.24) is 0 Å². The van der Waals surface area contributed by atoms with Gasteiger partial charge in [-0.2, -0.15) is 0 Å². The average molecular weight is 267 g/mol. The number of halogens is 2. The van der Waals surface area contributed by atoms with Crippen LogP contribution in [0.15, 0.2) is 30.3 Å². The zero-order valence-electron chi connectivity index (χ0n) is 10.1. The second kappa shape index (κ2) is 5.59. The molecule has 1 heterocycles. The predicted octanol–water partition coefficient (Wildman–Crippen LogP) is 3.83. The third-order valence-electron chi connectivity index (χ3n) is 2.87. The molecule has 0 amide bonds. The minimum Gasteiger partial charge on any atom is -0.323 e. The van der Waals surface area contributed by atoms with E-state index in [0.29, 0.717) is 12.0 Å². The number of thiophene rings is 1. The summed E-state index contributed by atoms with van der Waals surface area (Å²) in [7, 11) is 0. The first-order valence-corrected chi connectivity index (χ1v) is 6.70. The number of hydrogen-bond acceptors (Lipinski definition) is 2. The molecule has 1 atom stereocenters. The van der Waals surface area contributed by atoms with Gasteiger partial charge in [-0.15, -0.1) is 11.3 Å². The molecule has 0 radical (unpaired) electrons. The van der Waals surface area contributed by atoms with Crippen LogP contribution in [-0.2, 0) is 12.8 Å². The molecule has 2 aromatic rings. The Hall–Kier alpha value is -1.26. The topological polar surface area (TPSA) is 26.0 Å². The highest BCUT2D eigenvalue weighted by molar-refractivity contribution is 7.12. The van der Waals surface area contributed by atoms with Gasteiger partial charge >= 0.3 is 0 Å². The summed E-state index contributed by atoms with van der Waals surface area (Å²) in [6, 6.07) is 7.91. The summed E-state index contributed by atoms with van der Waals surface area (Å²) in [5.74, 6) is -1.61. The quantitative estimate of drug-likeness (QED) is 0.895. The molecule has 1 unspecified atom stereocenters. The second-order valence-corrected chi connectivity index (χ2v) is 5.38. The highest BCUT2D eigenvalue weighted by Crippen LogP contribution is 2.26. The number of rotatable bonds is 4. The molecule has 2 N–H and O–H groups in total. The van der Waals surface area contributed by atoms with Crippen molar-refractivity contribution in [2.24, 2.45) is 5.73 Å². The number of hydrogen-bond donors (Lipinski definition) is 1. The van der Waals surface area contributed by atoms with Crippen LogP contribution in [-0.4, -0.2) is 0 Å². The van der Waals surface area contributed by atoms with Gasteiger partial charge in [-0.3, -0.25) is 0 Å². The van der Waals surface area contributed by atoms with Crippen LogP contribution in [0.3, 0.4) is 0 Å². The van der Waals surface area contributed by atoms with E-state index in [1.807, 2.05) is 12.1 Å². The van der Waals surface area contributed by atoms with Gasteiger partial charge in [0.25, 0.3) is 0 Å². The average Bonchev–Trinajstić information content (AvgIpc) is 2.83. The lowest BCUT2D eigenvalue weighted by atomic mass is 10.0. The Labute approximate surface area is 109 Å². The summed E-state index contributed by atoms with van der Waals surface area (Å²) in [5, 5.41) is 0. The van der Waals surface area contributed by atoms with E-state index >= 15 is 0 Å². The summed E-state index contributed by atoms with van der Waals surface area (Å²) in [4.78, 5) is 2.26. The van der Waals surface area contributed by atoms with E-state index in [9.17, 15) is 8.78 Å². The lowest BCUT2D eigenvalue weighted by Crippen LogP contribution is -2.13. The molecule has 1 aromatic carbocycles. The van der Waals surface area contributed by atoms with Gasteiger partial charge in [0.15, 0.2) is 11.6 Å². The maximum absolute atomic E-state index is 13.5. The van der Waals surface area contributed by atoms with Crippen molar-refractivity contribution in [3.8, 4) is 0 Å². The molecule has 0 saturated heterocycles. The van der Waals surface area contributed by atoms with E-state index in [1.165, 1.54) is 10.9 Å². The fourth-order valence-electron chi connectivity index (χ4n) is 1.83. The highest BCUT2D eigenvalue weighted by atomic mass is 32.1. The summed E-state index contributed by atoms with van der Waals surface area (Å²) < 4.78 is 26.6. The van der Waals surface area contributed by atoms with Gasteiger partial charge in [0.2, 0.25) is 0 Å². The van der Waals surface area contributed by atoms with E-state index < -0.39 is 11.6 Å². The molecule has 0 saturated carbocycles. The molecule has 0 aliphatic rings. The van der Waals surface area contributed by atoms with E-state index in [4.69, 9.17) is 5.73 Å². The van der Waals surface area contributed by atoms with Crippen LogP contribution < -0.4 is 5.73 Å². The Morgan fingerprint density at radius 2 is 2.00 bits per heavy atom. The molecule has 96 valence electrons. The molecular formula is C14H15F2NS. The summed E-state index contributed by atoms with van der Waals surface area (Å²) in [6.07, 6.45) is 1.28. The van der Waals surface area contributed by atoms with Gasteiger partial charge in [-0.05, 0) is 36.6 Å². The lowest BCUT2D eigenvalue weighted by molar-refractivity contribution is 0.494. The SMILES string of the molecule is CCc1ccc(C(N)Cc2cccc(F)c2F)s1. The van der Waals surface area contributed by atoms with Gasteiger partial charge in [0.05, 0.1) is 0 Å². The smallest absolute Gasteiger partial charge is 0.162 e. The Balaban J connectivity index is 2.15. The molecule has 0 aliphatic heterocycles. The van der Waals surface area contributed by atoms with Crippen molar-refractivity contribution in [3.05, 3.63) is 57.3 Å². The molecule has 0 spiro atoms. The molecule has 0 fully saturated rings. The Morgan fingerprint density at radius 1 is 1.22 bits per heavy atom. The second-order valence-electron chi connectivity index (χ2n) is 4.18. The fourth-order valence-corrected chi connectivity index (χ4v) is 2.78. The molecular weight excluding hydrogens is 252 g/mol. The Bertz CT molecular complexity index is 536. The van der Waals surface area contributed by atoms with Gasteiger partial charge < -0.3 is 5.73 Å². The van der Waals surface area contributed by atoms with Gasteiger partial charge in [0, 0.05) is 15.8 Å². The minimum absolute atomic E-state index is 0.286. The van der Waals surface area contributed by atoms with Crippen LogP contribution in [0.4, 0.5) is 8.78 Å². The van der Waals surface area contributed by atoms with E-state index in [2.05, 4.69) is 6.92 Å². The fraction of sp³-hybridized carbons (Fsp3) is 0.286. The Morgan fingerprint density at radius 3 is 2.67 bits per heavy atom. The summed E-state index contributed by atoms with van der Waals surface area (Å²) >= 11 is 1.63. The normalized spacial score (nSPS) is 12.7. The zero-order valence-corrected chi connectivity index (χ0v) is 10.9. The first-order chi connectivity index (χ1) is 8.61. The first-order valence-electron chi connectivity index (χ1n) is 5.89. The summed E-state index contributed by atoms with van der Waals surface area (Å²) in [5.41, 5.74) is 6.36. The van der Waals surface area contributed by atoms with Crippen LogP contribution in [0.2, 0.25) is 0 Å². The number of benzene rings is 1. The van der Waals surface area contributed by atoms with Crippen molar-refractivity contribution in [2.75, 3.05) is 0 Å². The Kier molecular flexibility index (Phi) is 4.09. The van der Waals surface area contributed by atoms with Gasteiger partial charge in [-0.25, -0.2) is 8.78 Å². The largest absolute Gasteiger partial charge is 0.323 e. The zero-order chi connectivity index (χ0) is 13.1. The molecule has 0 aliphatic carbocycles. The van der Waals surface area contributed by atoms with E-state index in [0.717, 1.165) is 17.4 Å². The van der Waals surface area contributed by atoms with Crippen LogP contribution in [0.25, 0.3) is 0 Å². The molecule has 1 aromatic heterocycles. The van der Waals surface area contributed by atoms with Gasteiger partial charge in [0.1, 0.15) is 0 Å². The third kappa shape index (κ3) is 2.76. The van der Waals surface area contributed by atoms with Gasteiger partial charge in [-0.1, -0.05) is 19.1 Å². The first kappa shape index (κ1) is 13.2. The lowest BCUT2D eigenvalue weighted by Gasteiger charge is -2.10. The molecule has 0 bridgehead atoms. The third-order valence-corrected chi connectivity index (χ3v) is 4.23.